The second-order valence-electron chi connectivity index (χ2n) is 5.80. The number of nitrogens with zero attached hydrogens (tertiary/aromatic N) is 2. The molecule has 0 fully saturated rings. The Bertz CT molecular complexity index is 800. The molecule has 0 aliphatic heterocycles. The molecule has 1 heterocycles. The standard InChI is InChI=1S/C20H21N3O2/c24-19(17-9-5-2-6-10-17)20(25)22-15-18-21-12-14-23(18)13-11-16-7-3-1-4-8-16/h1-10,12,14,19,24H,11,13,15H2,(H,22,25)/t19-/m1/s1. The van der Waals surface area contributed by atoms with Crippen molar-refractivity contribution in [2.75, 3.05) is 0 Å². The van der Waals surface area contributed by atoms with E-state index in [2.05, 4.69) is 22.4 Å². The fraction of sp³-hybridized carbons (Fsp3) is 0.200. The molecule has 5 nitrogen and oxygen atoms in total. The van der Waals surface area contributed by atoms with E-state index in [4.69, 9.17) is 0 Å². The first-order valence-corrected chi connectivity index (χ1v) is 8.28. The van der Waals surface area contributed by atoms with Crippen molar-refractivity contribution >= 4 is 5.91 Å². The average Bonchev–Trinajstić information content (AvgIpc) is 3.13. The molecule has 0 spiro atoms. The van der Waals surface area contributed by atoms with Crippen LogP contribution in [0.25, 0.3) is 0 Å². The maximum absolute atomic E-state index is 12.1. The number of aryl methyl sites for hydroxylation is 2. The lowest BCUT2D eigenvalue weighted by atomic mass is 10.1. The Hall–Kier alpha value is -2.92. The molecule has 0 aliphatic carbocycles. The van der Waals surface area contributed by atoms with E-state index < -0.39 is 12.0 Å². The van der Waals surface area contributed by atoms with E-state index in [9.17, 15) is 9.90 Å². The molecule has 0 bridgehead atoms. The number of aliphatic hydroxyl groups is 1. The molecule has 5 heteroatoms. The predicted octanol–water partition coefficient (Wildman–Crippen LogP) is 2.48. The van der Waals surface area contributed by atoms with Gasteiger partial charge >= 0.3 is 0 Å². The van der Waals surface area contributed by atoms with E-state index in [1.165, 1.54) is 5.56 Å². The Morgan fingerprint density at radius 2 is 1.76 bits per heavy atom. The lowest BCUT2D eigenvalue weighted by Crippen LogP contribution is -2.30. The summed E-state index contributed by atoms with van der Waals surface area (Å²) in [6, 6.07) is 19.1. The third-order valence-electron chi connectivity index (χ3n) is 4.07. The highest BCUT2D eigenvalue weighted by Crippen LogP contribution is 2.12. The van der Waals surface area contributed by atoms with Gasteiger partial charge in [-0.25, -0.2) is 4.98 Å². The van der Waals surface area contributed by atoms with Crippen LogP contribution in [0.1, 0.15) is 23.1 Å². The number of aromatic nitrogens is 2. The van der Waals surface area contributed by atoms with Gasteiger partial charge in [-0.1, -0.05) is 60.7 Å². The van der Waals surface area contributed by atoms with E-state index in [1.54, 1.807) is 30.5 Å². The lowest BCUT2D eigenvalue weighted by molar-refractivity contribution is -0.129. The highest BCUT2D eigenvalue weighted by molar-refractivity contribution is 5.81. The molecule has 3 aromatic rings. The van der Waals surface area contributed by atoms with Gasteiger partial charge in [0.15, 0.2) is 6.10 Å². The van der Waals surface area contributed by atoms with Crippen LogP contribution in [0.5, 0.6) is 0 Å². The highest BCUT2D eigenvalue weighted by Gasteiger charge is 2.17. The third-order valence-corrected chi connectivity index (χ3v) is 4.07. The van der Waals surface area contributed by atoms with Gasteiger partial charge in [0.25, 0.3) is 5.91 Å². The Morgan fingerprint density at radius 1 is 1.08 bits per heavy atom. The molecule has 2 N–H and O–H groups in total. The largest absolute Gasteiger partial charge is 0.378 e. The fourth-order valence-corrected chi connectivity index (χ4v) is 2.65. The van der Waals surface area contributed by atoms with Crippen molar-refractivity contribution in [3.63, 3.8) is 0 Å². The second-order valence-corrected chi connectivity index (χ2v) is 5.80. The Balaban J connectivity index is 1.55. The van der Waals surface area contributed by atoms with Gasteiger partial charge in [0.1, 0.15) is 5.82 Å². The minimum atomic E-state index is -1.17. The van der Waals surface area contributed by atoms with Gasteiger partial charge in [-0.2, -0.15) is 0 Å². The van der Waals surface area contributed by atoms with Crippen LogP contribution in [-0.4, -0.2) is 20.6 Å². The van der Waals surface area contributed by atoms with Crippen LogP contribution in [0.2, 0.25) is 0 Å². The fourth-order valence-electron chi connectivity index (χ4n) is 2.65. The Kier molecular flexibility index (Phi) is 5.59. The van der Waals surface area contributed by atoms with E-state index in [-0.39, 0.29) is 6.54 Å². The van der Waals surface area contributed by atoms with Crippen molar-refractivity contribution < 1.29 is 9.90 Å². The summed E-state index contributed by atoms with van der Waals surface area (Å²) in [7, 11) is 0. The number of nitrogens with one attached hydrogen (secondary N) is 1. The zero-order chi connectivity index (χ0) is 17.5. The number of amides is 1. The summed E-state index contributed by atoms with van der Waals surface area (Å²) in [5, 5.41) is 12.8. The van der Waals surface area contributed by atoms with Crippen molar-refractivity contribution in [1.29, 1.82) is 0 Å². The van der Waals surface area contributed by atoms with Crippen molar-refractivity contribution in [1.82, 2.24) is 14.9 Å². The van der Waals surface area contributed by atoms with E-state index >= 15 is 0 Å². The summed E-state index contributed by atoms with van der Waals surface area (Å²) in [4.78, 5) is 16.4. The van der Waals surface area contributed by atoms with Crippen LogP contribution < -0.4 is 5.32 Å². The lowest BCUT2D eigenvalue weighted by Gasteiger charge is -2.12. The molecule has 1 aromatic heterocycles. The van der Waals surface area contributed by atoms with Crippen LogP contribution in [-0.2, 0) is 24.3 Å². The molecule has 128 valence electrons. The van der Waals surface area contributed by atoms with Gasteiger partial charge in [0, 0.05) is 18.9 Å². The molecule has 1 atom stereocenters. The summed E-state index contributed by atoms with van der Waals surface area (Å²) in [5.41, 5.74) is 1.83. The van der Waals surface area contributed by atoms with Gasteiger partial charge in [0.05, 0.1) is 6.54 Å². The number of rotatable bonds is 7. The van der Waals surface area contributed by atoms with E-state index in [0.29, 0.717) is 5.56 Å². The van der Waals surface area contributed by atoms with Crippen molar-refractivity contribution in [2.45, 2.75) is 25.6 Å². The first kappa shape index (κ1) is 16.9. The molecule has 0 saturated carbocycles. The van der Waals surface area contributed by atoms with Crippen LogP contribution in [0.3, 0.4) is 0 Å². The SMILES string of the molecule is O=C(NCc1nccn1CCc1ccccc1)[C@H](O)c1ccccc1. The zero-order valence-corrected chi connectivity index (χ0v) is 13.9. The smallest absolute Gasteiger partial charge is 0.253 e. The zero-order valence-electron chi connectivity index (χ0n) is 13.9. The topological polar surface area (TPSA) is 67.2 Å². The molecule has 25 heavy (non-hydrogen) atoms. The number of hydrogen-bond donors (Lipinski definition) is 2. The quantitative estimate of drug-likeness (QED) is 0.697. The maximum atomic E-state index is 12.1. The Morgan fingerprint density at radius 3 is 2.48 bits per heavy atom. The predicted molar refractivity (Wildman–Crippen MR) is 95.6 cm³/mol. The molecular formula is C20H21N3O2. The Labute approximate surface area is 147 Å². The van der Waals surface area contributed by atoms with Crippen LogP contribution in [0.4, 0.5) is 0 Å². The molecule has 0 radical (unpaired) electrons. The van der Waals surface area contributed by atoms with Crippen molar-refractivity contribution in [3.8, 4) is 0 Å². The summed E-state index contributed by atoms with van der Waals surface area (Å²) < 4.78 is 2.02. The summed E-state index contributed by atoms with van der Waals surface area (Å²) in [5.74, 6) is 0.341. The van der Waals surface area contributed by atoms with Gasteiger partial charge in [-0.15, -0.1) is 0 Å². The van der Waals surface area contributed by atoms with Gasteiger partial charge in [-0.3, -0.25) is 4.79 Å². The number of benzene rings is 2. The molecular weight excluding hydrogens is 314 g/mol. The van der Waals surface area contributed by atoms with Crippen molar-refractivity contribution in [3.05, 3.63) is 90.0 Å². The molecule has 3 rings (SSSR count). The molecule has 1 amide bonds. The number of aliphatic hydroxyl groups excluding tert-OH is 1. The molecule has 0 aliphatic rings. The highest BCUT2D eigenvalue weighted by atomic mass is 16.3. The third kappa shape index (κ3) is 4.55. The first-order chi connectivity index (χ1) is 12.2. The minimum absolute atomic E-state index is 0.282. The molecule has 0 unspecified atom stereocenters. The monoisotopic (exact) mass is 335 g/mol. The van der Waals surface area contributed by atoms with E-state index in [1.807, 2.05) is 35.0 Å². The minimum Gasteiger partial charge on any atom is -0.378 e. The van der Waals surface area contributed by atoms with Crippen LogP contribution in [0, 0.1) is 0 Å². The summed E-state index contributed by atoms with van der Waals surface area (Å²) in [6.07, 6.45) is 3.34. The normalized spacial score (nSPS) is 11.9. The second kappa shape index (κ2) is 8.26. The van der Waals surface area contributed by atoms with Gasteiger partial charge in [0.2, 0.25) is 0 Å². The number of hydrogen-bond acceptors (Lipinski definition) is 3. The number of carbonyl (C=O) groups excluding carboxylic acids is 1. The molecule has 2 aromatic carbocycles. The number of carbonyl (C=O) groups is 1. The summed E-state index contributed by atoms with van der Waals surface area (Å²) in [6.45, 7) is 1.07. The molecule has 0 saturated heterocycles. The number of imidazole rings is 1. The van der Waals surface area contributed by atoms with Crippen LogP contribution in [0.15, 0.2) is 73.1 Å². The average molecular weight is 335 g/mol. The van der Waals surface area contributed by atoms with Gasteiger partial charge < -0.3 is 15.0 Å². The first-order valence-electron chi connectivity index (χ1n) is 8.28. The van der Waals surface area contributed by atoms with Crippen molar-refractivity contribution in [2.24, 2.45) is 0 Å². The van der Waals surface area contributed by atoms with Crippen LogP contribution >= 0.6 is 0 Å². The summed E-state index contributed by atoms with van der Waals surface area (Å²) >= 11 is 0. The van der Waals surface area contributed by atoms with E-state index in [0.717, 1.165) is 18.8 Å². The maximum Gasteiger partial charge on any atom is 0.253 e. The van der Waals surface area contributed by atoms with Gasteiger partial charge in [-0.05, 0) is 17.5 Å².